The van der Waals surface area contributed by atoms with E-state index in [4.69, 9.17) is 4.74 Å². The quantitative estimate of drug-likeness (QED) is 0.752. The van der Waals surface area contributed by atoms with Gasteiger partial charge in [0, 0.05) is 19.2 Å². The van der Waals surface area contributed by atoms with Crippen LogP contribution in [0.25, 0.3) is 5.69 Å². The average Bonchev–Trinajstić information content (AvgIpc) is 3.05. The van der Waals surface area contributed by atoms with Crippen LogP contribution in [0.5, 0.6) is 0 Å². The Morgan fingerprint density at radius 3 is 2.82 bits per heavy atom. The molecule has 1 aliphatic heterocycles. The van der Waals surface area contributed by atoms with Crippen molar-refractivity contribution < 1.29 is 18.3 Å². The molecule has 0 bridgehead atoms. The van der Waals surface area contributed by atoms with Crippen LogP contribution in [0.1, 0.15) is 29.0 Å². The normalized spacial score (nSPS) is 17.4. The summed E-state index contributed by atoms with van der Waals surface area (Å²) in [5.41, 5.74) is 0.997. The molecule has 2 aromatic rings. The predicted molar refractivity (Wildman–Crippen MR) is 99.4 cm³/mol. The number of aromatic nitrogens is 3. The summed E-state index contributed by atoms with van der Waals surface area (Å²) in [7, 11) is 4.05. The second-order valence-corrected chi connectivity index (χ2v) is 7.22. The van der Waals surface area contributed by atoms with Crippen LogP contribution in [0.3, 0.4) is 0 Å². The fourth-order valence-electron chi connectivity index (χ4n) is 3.25. The number of rotatable bonds is 6. The molecule has 1 aliphatic rings. The van der Waals surface area contributed by atoms with Gasteiger partial charge in [-0.15, -0.1) is 5.10 Å². The summed E-state index contributed by atoms with van der Waals surface area (Å²) < 4.78 is 33.8. The van der Waals surface area contributed by atoms with Gasteiger partial charge in [-0.05, 0) is 52.5 Å². The van der Waals surface area contributed by atoms with E-state index in [9.17, 15) is 13.6 Å². The van der Waals surface area contributed by atoms with Gasteiger partial charge in [-0.2, -0.15) is 0 Å². The lowest BCUT2D eigenvalue weighted by atomic mass is 10.1. The van der Waals surface area contributed by atoms with Crippen LogP contribution in [-0.2, 0) is 4.74 Å². The Kier molecular flexibility index (Phi) is 6.35. The Morgan fingerprint density at radius 2 is 2.11 bits per heavy atom. The molecule has 1 atom stereocenters. The molecule has 0 radical (unpaired) electrons. The first-order valence-corrected chi connectivity index (χ1v) is 9.30. The van der Waals surface area contributed by atoms with Crippen molar-refractivity contribution in [1.82, 2.24) is 24.8 Å². The van der Waals surface area contributed by atoms with Crippen LogP contribution in [0, 0.1) is 18.6 Å². The average molecular weight is 393 g/mol. The van der Waals surface area contributed by atoms with Crippen molar-refractivity contribution in [2.24, 2.45) is 0 Å². The minimum Gasteiger partial charge on any atom is -0.375 e. The lowest BCUT2D eigenvalue weighted by molar-refractivity contribution is -0.0262. The number of hydrogen-bond donors (Lipinski definition) is 0. The van der Waals surface area contributed by atoms with Crippen molar-refractivity contribution in [3.8, 4) is 5.69 Å². The summed E-state index contributed by atoms with van der Waals surface area (Å²) in [5.74, 6) is -2.15. The third-order valence-electron chi connectivity index (χ3n) is 4.80. The fourth-order valence-corrected chi connectivity index (χ4v) is 3.25. The lowest BCUT2D eigenvalue weighted by Crippen LogP contribution is -2.46. The maximum atomic E-state index is 13.5. The Labute approximate surface area is 162 Å². The van der Waals surface area contributed by atoms with Gasteiger partial charge >= 0.3 is 0 Å². The van der Waals surface area contributed by atoms with Gasteiger partial charge in [0.15, 0.2) is 17.3 Å². The highest BCUT2D eigenvalue weighted by Crippen LogP contribution is 2.18. The second-order valence-electron chi connectivity index (χ2n) is 7.22. The maximum Gasteiger partial charge on any atom is 0.276 e. The first kappa shape index (κ1) is 20.3. The number of morpholine rings is 1. The van der Waals surface area contributed by atoms with Crippen LogP contribution < -0.4 is 0 Å². The SMILES string of the molecule is Cc1c(C(=O)N2CCOC(CCCN(C)C)C2)nnn1-c1ccc(F)c(F)c1. The Hall–Kier alpha value is -2.39. The minimum absolute atomic E-state index is 0.000745. The Bertz CT molecular complexity index is 840. The zero-order valence-electron chi connectivity index (χ0n) is 16.4. The van der Waals surface area contributed by atoms with Crippen molar-refractivity contribution in [3.05, 3.63) is 41.2 Å². The second kappa shape index (κ2) is 8.74. The molecular weight excluding hydrogens is 368 g/mol. The van der Waals surface area contributed by atoms with Crippen LogP contribution >= 0.6 is 0 Å². The molecule has 0 spiro atoms. The summed E-state index contributed by atoms with van der Waals surface area (Å²) in [6, 6.07) is 3.44. The molecule has 7 nitrogen and oxygen atoms in total. The number of hydrogen-bond acceptors (Lipinski definition) is 5. The minimum atomic E-state index is -0.978. The lowest BCUT2D eigenvalue weighted by Gasteiger charge is -2.32. The molecule has 0 aliphatic carbocycles. The van der Waals surface area contributed by atoms with E-state index in [1.54, 1.807) is 11.8 Å². The van der Waals surface area contributed by atoms with E-state index in [1.165, 1.54) is 10.7 Å². The summed E-state index contributed by atoms with van der Waals surface area (Å²) >= 11 is 0. The monoisotopic (exact) mass is 393 g/mol. The van der Waals surface area contributed by atoms with Gasteiger partial charge < -0.3 is 14.5 Å². The van der Waals surface area contributed by atoms with E-state index in [0.29, 0.717) is 31.1 Å². The molecule has 1 amide bonds. The van der Waals surface area contributed by atoms with Crippen molar-refractivity contribution in [2.75, 3.05) is 40.3 Å². The molecule has 1 aromatic carbocycles. The van der Waals surface area contributed by atoms with Crippen LogP contribution in [0.4, 0.5) is 8.78 Å². The van der Waals surface area contributed by atoms with Crippen molar-refractivity contribution in [3.63, 3.8) is 0 Å². The highest BCUT2D eigenvalue weighted by Gasteiger charge is 2.28. The summed E-state index contributed by atoms with van der Waals surface area (Å²) in [5, 5.41) is 7.94. The van der Waals surface area contributed by atoms with E-state index in [-0.39, 0.29) is 17.7 Å². The molecule has 2 heterocycles. The van der Waals surface area contributed by atoms with Crippen molar-refractivity contribution >= 4 is 5.91 Å². The van der Waals surface area contributed by atoms with Gasteiger partial charge in [0.2, 0.25) is 0 Å². The van der Waals surface area contributed by atoms with Gasteiger partial charge in [-0.25, -0.2) is 13.5 Å². The van der Waals surface area contributed by atoms with Crippen LogP contribution in [0.15, 0.2) is 18.2 Å². The molecule has 28 heavy (non-hydrogen) atoms. The number of ether oxygens (including phenoxy) is 1. The maximum absolute atomic E-state index is 13.5. The summed E-state index contributed by atoms with van der Waals surface area (Å²) in [4.78, 5) is 16.8. The molecule has 1 saturated heterocycles. The van der Waals surface area contributed by atoms with Crippen LogP contribution in [0.2, 0.25) is 0 Å². The molecular formula is C19H25F2N5O2. The summed E-state index contributed by atoms with van der Waals surface area (Å²) in [6.07, 6.45) is 1.87. The van der Waals surface area contributed by atoms with Crippen molar-refractivity contribution in [2.45, 2.75) is 25.9 Å². The first-order chi connectivity index (χ1) is 13.4. The largest absolute Gasteiger partial charge is 0.375 e. The molecule has 3 rings (SSSR count). The highest BCUT2D eigenvalue weighted by molar-refractivity contribution is 5.93. The fraction of sp³-hybridized carbons (Fsp3) is 0.526. The molecule has 0 N–H and O–H groups in total. The van der Waals surface area contributed by atoms with Crippen molar-refractivity contribution in [1.29, 1.82) is 0 Å². The van der Waals surface area contributed by atoms with E-state index in [2.05, 4.69) is 15.2 Å². The third-order valence-corrected chi connectivity index (χ3v) is 4.80. The molecule has 1 aromatic heterocycles. The van der Waals surface area contributed by atoms with E-state index in [1.807, 2.05) is 14.1 Å². The molecule has 1 fully saturated rings. The number of carbonyl (C=O) groups is 1. The summed E-state index contributed by atoms with van der Waals surface area (Å²) in [6.45, 7) is 4.12. The molecule has 0 saturated carbocycles. The zero-order valence-corrected chi connectivity index (χ0v) is 16.4. The Morgan fingerprint density at radius 1 is 1.32 bits per heavy atom. The molecule has 152 valence electrons. The smallest absolute Gasteiger partial charge is 0.276 e. The third kappa shape index (κ3) is 4.53. The van der Waals surface area contributed by atoms with Crippen LogP contribution in [-0.4, -0.2) is 77.1 Å². The van der Waals surface area contributed by atoms with E-state index >= 15 is 0 Å². The van der Waals surface area contributed by atoms with Gasteiger partial charge in [0.05, 0.1) is 24.1 Å². The van der Waals surface area contributed by atoms with E-state index < -0.39 is 11.6 Å². The highest BCUT2D eigenvalue weighted by atomic mass is 19.2. The van der Waals surface area contributed by atoms with Gasteiger partial charge in [0.25, 0.3) is 5.91 Å². The number of benzene rings is 1. The molecule has 9 heteroatoms. The predicted octanol–water partition coefficient (Wildman–Crippen LogP) is 2.04. The number of carbonyl (C=O) groups excluding carboxylic acids is 1. The standard InChI is InChI=1S/C19H25F2N5O2/c1-13-18(22-23-26(13)14-6-7-16(20)17(21)11-14)19(27)25-9-10-28-15(12-25)5-4-8-24(2)3/h6-7,11,15H,4-5,8-10,12H2,1-3H3. The Balaban J connectivity index is 1.70. The molecule has 1 unspecified atom stereocenters. The topological polar surface area (TPSA) is 63.5 Å². The number of nitrogens with zero attached hydrogens (tertiary/aromatic N) is 5. The van der Waals surface area contributed by atoms with Gasteiger partial charge in [0.1, 0.15) is 0 Å². The van der Waals surface area contributed by atoms with Gasteiger partial charge in [-0.1, -0.05) is 5.21 Å². The van der Waals surface area contributed by atoms with E-state index in [0.717, 1.165) is 31.5 Å². The number of halogens is 2. The first-order valence-electron chi connectivity index (χ1n) is 9.30. The van der Waals surface area contributed by atoms with Gasteiger partial charge in [-0.3, -0.25) is 4.79 Å². The zero-order chi connectivity index (χ0) is 20.3. The number of amides is 1.